The Balaban J connectivity index is 2.45. The lowest BCUT2D eigenvalue weighted by atomic mass is 10.2. The molecule has 0 amide bonds. The van der Waals surface area contributed by atoms with E-state index in [-0.39, 0.29) is 0 Å². The van der Waals surface area contributed by atoms with E-state index in [1.165, 1.54) is 0 Å². The minimum atomic E-state index is -0.541. The molecule has 0 aromatic heterocycles. The van der Waals surface area contributed by atoms with E-state index in [0.29, 0.717) is 6.54 Å². The first kappa shape index (κ1) is 8.36. The number of nitrogens with zero attached hydrogens (tertiary/aromatic N) is 3. The lowest BCUT2D eigenvalue weighted by Gasteiger charge is -2.14. The summed E-state index contributed by atoms with van der Waals surface area (Å²) < 4.78 is 0. The van der Waals surface area contributed by atoms with Crippen molar-refractivity contribution in [3.05, 3.63) is 24.4 Å². The molecule has 0 fully saturated rings. The standard InChI is InChI=1S/C9H9N3/c1-8-2-3-12(6-8)7-9(4-10)5-11/h2-3,9H,1,6-7H2. The van der Waals surface area contributed by atoms with Gasteiger partial charge in [0, 0.05) is 13.1 Å². The summed E-state index contributed by atoms with van der Waals surface area (Å²) in [5, 5.41) is 17.0. The molecule has 1 aliphatic rings. The normalized spacial score (nSPS) is 14.9. The maximum absolute atomic E-state index is 8.51. The topological polar surface area (TPSA) is 50.8 Å². The highest BCUT2D eigenvalue weighted by molar-refractivity contribution is 5.22. The molecule has 1 heterocycles. The molecule has 0 saturated carbocycles. The molecule has 0 aliphatic carbocycles. The van der Waals surface area contributed by atoms with Gasteiger partial charge >= 0.3 is 0 Å². The molecule has 0 bridgehead atoms. The third kappa shape index (κ3) is 1.87. The van der Waals surface area contributed by atoms with Gasteiger partial charge < -0.3 is 4.90 Å². The van der Waals surface area contributed by atoms with Gasteiger partial charge in [0.2, 0.25) is 0 Å². The molecule has 3 heteroatoms. The maximum atomic E-state index is 8.51. The first-order valence-electron chi connectivity index (χ1n) is 3.65. The molecule has 0 N–H and O–H groups in total. The van der Waals surface area contributed by atoms with Crippen LogP contribution in [0, 0.1) is 28.6 Å². The molecule has 3 nitrogen and oxygen atoms in total. The second-order valence-corrected chi connectivity index (χ2v) is 2.71. The predicted octanol–water partition coefficient (Wildman–Crippen LogP) is 1.04. The van der Waals surface area contributed by atoms with Crippen LogP contribution in [-0.4, -0.2) is 18.0 Å². The Labute approximate surface area is 71.8 Å². The van der Waals surface area contributed by atoms with Gasteiger partial charge in [-0.3, -0.25) is 0 Å². The summed E-state index contributed by atoms with van der Waals surface area (Å²) in [6.07, 6.45) is 3.76. The van der Waals surface area contributed by atoms with Crippen molar-refractivity contribution in [3.63, 3.8) is 0 Å². The quantitative estimate of drug-likeness (QED) is 0.604. The summed E-state index contributed by atoms with van der Waals surface area (Å²) in [6, 6.07) is 3.85. The van der Waals surface area contributed by atoms with Crippen molar-refractivity contribution in [1.82, 2.24) is 4.90 Å². The minimum absolute atomic E-state index is 0.475. The fraction of sp³-hybridized carbons (Fsp3) is 0.333. The largest absolute Gasteiger partial charge is 0.371 e. The van der Waals surface area contributed by atoms with E-state index in [0.717, 1.165) is 12.1 Å². The van der Waals surface area contributed by atoms with Gasteiger partial charge in [0.05, 0.1) is 12.1 Å². The van der Waals surface area contributed by atoms with Crippen molar-refractivity contribution in [2.45, 2.75) is 0 Å². The van der Waals surface area contributed by atoms with Crippen LogP contribution >= 0.6 is 0 Å². The molecule has 12 heavy (non-hydrogen) atoms. The van der Waals surface area contributed by atoms with E-state index in [1.54, 1.807) is 0 Å². The Hall–Kier alpha value is -1.74. The fourth-order valence-corrected chi connectivity index (χ4v) is 1.05. The van der Waals surface area contributed by atoms with Gasteiger partial charge in [-0.2, -0.15) is 10.5 Å². The van der Waals surface area contributed by atoms with Crippen LogP contribution in [0.15, 0.2) is 24.4 Å². The highest BCUT2D eigenvalue weighted by Gasteiger charge is 2.13. The lowest BCUT2D eigenvalue weighted by molar-refractivity contribution is 0.407. The van der Waals surface area contributed by atoms with Gasteiger partial charge in [0.1, 0.15) is 0 Å². The Morgan fingerprint density at radius 1 is 1.58 bits per heavy atom. The van der Waals surface area contributed by atoms with Crippen molar-refractivity contribution in [3.8, 4) is 12.1 Å². The van der Waals surface area contributed by atoms with E-state index < -0.39 is 5.92 Å². The Kier molecular flexibility index (Phi) is 2.50. The monoisotopic (exact) mass is 159 g/mol. The van der Waals surface area contributed by atoms with Crippen molar-refractivity contribution in [1.29, 1.82) is 10.5 Å². The molecule has 0 unspecified atom stereocenters. The van der Waals surface area contributed by atoms with Crippen molar-refractivity contribution in [2.75, 3.05) is 13.1 Å². The number of hydrogen-bond acceptors (Lipinski definition) is 3. The zero-order chi connectivity index (χ0) is 8.97. The molecule has 0 atom stereocenters. The number of hydrogen-bond donors (Lipinski definition) is 0. The number of rotatable bonds is 2. The van der Waals surface area contributed by atoms with Gasteiger partial charge in [-0.25, -0.2) is 0 Å². The summed E-state index contributed by atoms with van der Waals surface area (Å²) in [6.45, 7) is 4.98. The molecular formula is C9H9N3. The van der Waals surface area contributed by atoms with E-state index >= 15 is 0 Å². The Morgan fingerprint density at radius 3 is 2.67 bits per heavy atom. The molecule has 0 radical (unpaired) electrons. The average molecular weight is 159 g/mol. The van der Waals surface area contributed by atoms with E-state index in [9.17, 15) is 0 Å². The zero-order valence-electron chi connectivity index (χ0n) is 6.70. The molecule has 0 aromatic carbocycles. The predicted molar refractivity (Wildman–Crippen MR) is 44.6 cm³/mol. The van der Waals surface area contributed by atoms with Crippen LogP contribution in [0.1, 0.15) is 0 Å². The zero-order valence-corrected chi connectivity index (χ0v) is 6.70. The third-order valence-corrected chi connectivity index (χ3v) is 1.66. The maximum Gasteiger partial charge on any atom is 0.150 e. The first-order chi connectivity index (χ1) is 5.76. The van der Waals surface area contributed by atoms with Crippen LogP contribution in [0.3, 0.4) is 0 Å². The second-order valence-electron chi connectivity index (χ2n) is 2.71. The molecule has 0 saturated heterocycles. The summed E-state index contributed by atoms with van der Waals surface area (Å²) >= 11 is 0. The first-order valence-corrected chi connectivity index (χ1v) is 3.65. The second kappa shape index (κ2) is 3.59. The molecule has 1 aliphatic heterocycles. The van der Waals surface area contributed by atoms with Gasteiger partial charge in [-0.15, -0.1) is 0 Å². The summed E-state index contributed by atoms with van der Waals surface area (Å²) in [7, 11) is 0. The van der Waals surface area contributed by atoms with Crippen LogP contribution in [0.4, 0.5) is 0 Å². The molecule has 1 rings (SSSR count). The van der Waals surface area contributed by atoms with Crippen LogP contribution in [0.25, 0.3) is 0 Å². The molecule has 0 spiro atoms. The lowest BCUT2D eigenvalue weighted by Crippen LogP contribution is -2.21. The van der Waals surface area contributed by atoms with E-state index in [1.807, 2.05) is 29.3 Å². The summed E-state index contributed by atoms with van der Waals surface area (Å²) in [5.41, 5.74) is 1.02. The van der Waals surface area contributed by atoms with Crippen molar-refractivity contribution in [2.24, 2.45) is 5.92 Å². The smallest absolute Gasteiger partial charge is 0.150 e. The minimum Gasteiger partial charge on any atom is -0.371 e. The van der Waals surface area contributed by atoms with Crippen LogP contribution < -0.4 is 0 Å². The van der Waals surface area contributed by atoms with Crippen LogP contribution in [0.2, 0.25) is 0 Å². The van der Waals surface area contributed by atoms with Gasteiger partial charge in [-0.05, 0) is 17.8 Å². The number of nitriles is 2. The van der Waals surface area contributed by atoms with Crippen LogP contribution in [0.5, 0.6) is 0 Å². The van der Waals surface area contributed by atoms with Gasteiger partial charge in [0.25, 0.3) is 0 Å². The van der Waals surface area contributed by atoms with Crippen molar-refractivity contribution < 1.29 is 0 Å². The highest BCUT2D eigenvalue weighted by atomic mass is 15.1. The third-order valence-electron chi connectivity index (χ3n) is 1.66. The molecule has 60 valence electrons. The van der Waals surface area contributed by atoms with Gasteiger partial charge in [-0.1, -0.05) is 6.58 Å². The van der Waals surface area contributed by atoms with Crippen molar-refractivity contribution >= 4 is 0 Å². The highest BCUT2D eigenvalue weighted by Crippen LogP contribution is 2.10. The molecule has 0 aromatic rings. The Morgan fingerprint density at radius 2 is 2.25 bits per heavy atom. The average Bonchev–Trinajstić information content (AvgIpc) is 2.47. The van der Waals surface area contributed by atoms with Gasteiger partial charge in [0.15, 0.2) is 5.92 Å². The molecular weight excluding hydrogens is 150 g/mol. The van der Waals surface area contributed by atoms with E-state index in [2.05, 4.69) is 6.58 Å². The summed E-state index contributed by atoms with van der Waals surface area (Å²) in [5.74, 6) is -0.541. The SMILES string of the molecule is C=C1C=CN(CC(C#N)C#N)C1. The van der Waals surface area contributed by atoms with E-state index in [4.69, 9.17) is 10.5 Å². The fourth-order valence-electron chi connectivity index (χ4n) is 1.05. The summed E-state index contributed by atoms with van der Waals surface area (Å²) in [4.78, 5) is 1.92. The van der Waals surface area contributed by atoms with Crippen LogP contribution in [-0.2, 0) is 0 Å². The Bertz CT molecular complexity index is 276.